The molecule has 1 aliphatic heterocycles. The highest BCUT2D eigenvalue weighted by atomic mass is 35.5. The van der Waals surface area contributed by atoms with Gasteiger partial charge in [-0.25, -0.2) is 4.98 Å². The number of aromatic nitrogens is 1. The summed E-state index contributed by atoms with van der Waals surface area (Å²) in [5.74, 6) is 3.27. The average Bonchev–Trinajstić information content (AvgIpc) is 3.25. The van der Waals surface area contributed by atoms with Gasteiger partial charge in [0, 0.05) is 61.3 Å². The number of hydrogen-bond donors (Lipinski definition) is 1. The summed E-state index contributed by atoms with van der Waals surface area (Å²) in [6, 6.07) is 15.7. The number of piperazine rings is 1. The van der Waals surface area contributed by atoms with Crippen molar-refractivity contribution in [3.05, 3.63) is 65.0 Å². The molecule has 1 fully saturated rings. The summed E-state index contributed by atoms with van der Waals surface area (Å²) in [7, 11) is 0. The smallest absolute Gasteiger partial charge is 0.230 e. The normalized spacial score (nSPS) is 14.1. The number of nitrogens with one attached hydrogen (secondary N) is 1. The van der Waals surface area contributed by atoms with Crippen molar-refractivity contribution in [3.8, 4) is 17.2 Å². The van der Waals surface area contributed by atoms with E-state index in [0.29, 0.717) is 30.5 Å². The summed E-state index contributed by atoms with van der Waals surface area (Å²) in [5.41, 5.74) is 2.94. The van der Waals surface area contributed by atoms with Gasteiger partial charge in [-0.1, -0.05) is 17.7 Å². The molecule has 0 radical (unpaired) electrons. The minimum absolute atomic E-state index is 0.0467. The topological polar surface area (TPSA) is 70.8 Å². The van der Waals surface area contributed by atoms with Crippen LogP contribution in [0.4, 0.5) is 5.69 Å². The van der Waals surface area contributed by atoms with E-state index in [1.807, 2.05) is 56.3 Å². The number of oxazole rings is 1. The Kier molecular flexibility index (Phi) is 9.55. The third-order valence-corrected chi connectivity index (χ3v) is 7.25. The monoisotopic (exact) mass is 528 g/mol. The van der Waals surface area contributed by atoms with E-state index in [2.05, 4.69) is 26.2 Å². The lowest BCUT2D eigenvalue weighted by molar-refractivity contribution is -0.118. The molecular weight excluding hydrogens is 496 g/mol. The van der Waals surface area contributed by atoms with E-state index in [-0.39, 0.29) is 5.91 Å². The van der Waals surface area contributed by atoms with Gasteiger partial charge in [0.25, 0.3) is 0 Å². The molecule has 192 valence electrons. The quantitative estimate of drug-likeness (QED) is 0.380. The van der Waals surface area contributed by atoms with Gasteiger partial charge < -0.3 is 19.4 Å². The fourth-order valence-electron chi connectivity index (χ4n) is 4.09. The molecule has 7 nitrogen and oxygen atoms in total. The number of hydrogen-bond acceptors (Lipinski definition) is 7. The summed E-state index contributed by atoms with van der Waals surface area (Å²) in [6.07, 6.45) is 0. The molecule has 4 rings (SSSR count). The lowest BCUT2D eigenvalue weighted by Crippen LogP contribution is -2.48. The van der Waals surface area contributed by atoms with Gasteiger partial charge >= 0.3 is 0 Å². The number of carbonyl (C=O) groups excluding carboxylic acids is 1. The molecule has 36 heavy (non-hydrogen) atoms. The molecule has 0 unspecified atom stereocenters. The Balaban J connectivity index is 1.13. The van der Waals surface area contributed by atoms with Gasteiger partial charge in [-0.05, 0) is 56.3 Å². The minimum Gasteiger partial charge on any atom is -0.494 e. The first-order valence-electron chi connectivity index (χ1n) is 12.3. The lowest BCUT2D eigenvalue weighted by atomic mass is 10.2. The van der Waals surface area contributed by atoms with Gasteiger partial charge in [0.05, 0.1) is 18.1 Å². The zero-order valence-corrected chi connectivity index (χ0v) is 22.4. The number of aryl methyl sites for hydroxylation is 1. The minimum atomic E-state index is 0.0467. The number of rotatable bonds is 11. The Bertz CT molecular complexity index is 1130. The van der Waals surface area contributed by atoms with Crippen LogP contribution in [0.3, 0.4) is 0 Å². The summed E-state index contributed by atoms with van der Waals surface area (Å²) in [6.45, 7) is 9.87. The Morgan fingerprint density at radius 2 is 1.94 bits per heavy atom. The van der Waals surface area contributed by atoms with Crippen LogP contribution in [0.1, 0.15) is 18.4 Å². The zero-order valence-electron chi connectivity index (χ0n) is 20.8. The summed E-state index contributed by atoms with van der Waals surface area (Å²) < 4.78 is 11.3. The molecule has 1 saturated heterocycles. The average molecular weight is 529 g/mol. The van der Waals surface area contributed by atoms with Crippen LogP contribution in [0.25, 0.3) is 11.5 Å². The van der Waals surface area contributed by atoms with Gasteiger partial charge in [0.1, 0.15) is 11.5 Å². The van der Waals surface area contributed by atoms with Crippen molar-refractivity contribution in [2.24, 2.45) is 0 Å². The van der Waals surface area contributed by atoms with Gasteiger partial charge in [-0.2, -0.15) is 0 Å². The second kappa shape index (κ2) is 13.0. The number of anilines is 1. The van der Waals surface area contributed by atoms with Gasteiger partial charge in [-0.3, -0.25) is 9.69 Å². The lowest BCUT2D eigenvalue weighted by Gasteiger charge is -2.36. The molecule has 2 heterocycles. The molecule has 1 amide bonds. The van der Waals surface area contributed by atoms with Gasteiger partial charge in [-0.15, -0.1) is 11.8 Å². The Morgan fingerprint density at radius 3 is 2.67 bits per heavy atom. The standard InChI is InChI=1S/C27H33ClN4O3S/c1-3-34-24-9-7-21(8-10-24)27-30-25(20(2)35-27)18-36-19-26(33)29-11-12-31-13-15-32(16-14-31)23-6-4-5-22(28)17-23/h4-10,17H,3,11-16,18-19H2,1-2H3,(H,29,33). The van der Waals surface area contributed by atoms with Crippen molar-refractivity contribution < 1.29 is 13.9 Å². The molecule has 0 spiro atoms. The molecule has 0 aliphatic carbocycles. The fraction of sp³-hybridized carbons (Fsp3) is 0.407. The first kappa shape index (κ1) is 26.4. The highest BCUT2D eigenvalue weighted by molar-refractivity contribution is 7.99. The molecule has 2 aromatic carbocycles. The molecule has 0 atom stereocenters. The highest BCUT2D eigenvalue weighted by Gasteiger charge is 2.17. The van der Waals surface area contributed by atoms with Crippen LogP contribution in [-0.4, -0.2) is 67.4 Å². The summed E-state index contributed by atoms with van der Waals surface area (Å²) in [4.78, 5) is 21.7. The van der Waals surface area contributed by atoms with Crippen LogP contribution in [0, 0.1) is 6.92 Å². The molecule has 1 aliphatic rings. The number of thioether (sulfide) groups is 1. The van der Waals surface area contributed by atoms with Crippen LogP contribution < -0.4 is 15.0 Å². The molecule has 0 bridgehead atoms. The third kappa shape index (κ3) is 7.41. The molecule has 0 saturated carbocycles. The Hall–Kier alpha value is -2.68. The first-order valence-corrected chi connectivity index (χ1v) is 13.8. The fourth-order valence-corrected chi connectivity index (χ4v) is 5.13. The largest absolute Gasteiger partial charge is 0.494 e. The van der Waals surface area contributed by atoms with E-state index < -0.39 is 0 Å². The van der Waals surface area contributed by atoms with Gasteiger partial charge in [0.2, 0.25) is 11.8 Å². The van der Waals surface area contributed by atoms with E-state index in [9.17, 15) is 4.79 Å². The van der Waals surface area contributed by atoms with Crippen molar-refractivity contribution in [1.82, 2.24) is 15.2 Å². The van der Waals surface area contributed by atoms with Crippen LogP contribution in [-0.2, 0) is 10.5 Å². The van der Waals surface area contributed by atoms with E-state index >= 15 is 0 Å². The van der Waals surface area contributed by atoms with Gasteiger partial charge in [0.15, 0.2) is 0 Å². The number of nitrogens with zero attached hydrogens (tertiary/aromatic N) is 3. The number of ether oxygens (including phenoxy) is 1. The zero-order chi connectivity index (χ0) is 25.3. The van der Waals surface area contributed by atoms with Crippen LogP contribution in [0.5, 0.6) is 5.75 Å². The second-order valence-corrected chi connectivity index (χ2v) is 10.1. The first-order chi connectivity index (χ1) is 17.5. The molecule has 1 N–H and O–H groups in total. The third-order valence-electron chi connectivity index (χ3n) is 6.07. The van der Waals surface area contributed by atoms with Crippen LogP contribution in [0.2, 0.25) is 5.02 Å². The predicted molar refractivity (Wildman–Crippen MR) is 147 cm³/mol. The molecular formula is C27H33ClN4O3S. The highest BCUT2D eigenvalue weighted by Crippen LogP contribution is 2.26. The van der Waals surface area contributed by atoms with Crippen LogP contribution >= 0.6 is 23.4 Å². The maximum Gasteiger partial charge on any atom is 0.230 e. The molecule has 9 heteroatoms. The maximum absolute atomic E-state index is 12.3. The van der Waals surface area contributed by atoms with Crippen molar-refractivity contribution in [1.29, 1.82) is 0 Å². The van der Waals surface area contributed by atoms with E-state index in [1.165, 1.54) is 5.69 Å². The number of amides is 1. The predicted octanol–water partition coefficient (Wildman–Crippen LogP) is 4.87. The number of halogens is 1. The number of carbonyl (C=O) groups is 1. The maximum atomic E-state index is 12.3. The summed E-state index contributed by atoms with van der Waals surface area (Å²) >= 11 is 7.66. The molecule has 1 aromatic heterocycles. The number of benzene rings is 2. The van der Waals surface area contributed by atoms with Crippen molar-refractivity contribution in [3.63, 3.8) is 0 Å². The molecule has 3 aromatic rings. The van der Waals surface area contributed by atoms with Crippen molar-refractivity contribution in [2.75, 3.05) is 56.5 Å². The Labute approximate surface area is 222 Å². The summed E-state index contributed by atoms with van der Waals surface area (Å²) in [5, 5.41) is 3.81. The van der Waals surface area contributed by atoms with E-state index in [1.54, 1.807) is 11.8 Å². The Morgan fingerprint density at radius 1 is 1.17 bits per heavy atom. The SMILES string of the molecule is CCOc1ccc(-c2nc(CSCC(=O)NCCN3CCN(c4cccc(Cl)c4)CC3)c(C)o2)cc1. The van der Waals surface area contributed by atoms with Crippen molar-refractivity contribution in [2.45, 2.75) is 19.6 Å². The van der Waals surface area contributed by atoms with E-state index in [0.717, 1.165) is 60.5 Å². The van der Waals surface area contributed by atoms with Crippen molar-refractivity contribution >= 4 is 35.0 Å². The van der Waals surface area contributed by atoms with Crippen LogP contribution in [0.15, 0.2) is 52.9 Å². The second-order valence-electron chi connectivity index (χ2n) is 8.63. The van der Waals surface area contributed by atoms with E-state index in [4.69, 9.17) is 20.8 Å².